The summed E-state index contributed by atoms with van der Waals surface area (Å²) >= 11 is 0. The highest BCUT2D eigenvalue weighted by Crippen LogP contribution is 2.15. The Hall–Kier alpha value is -2.79. The SMILES string of the molecule is Br.Cc1ccc(OCCn2c(=N)n(Cc3ccccc3)c3ccccc32)cc1. The van der Waals surface area contributed by atoms with Gasteiger partial charge in [0.2, 0.25) is 5.62 Å². The van der Waals surface area contributed by atoms with Gasteiger partial charge in [-0.2, -0.15) is 0 Å². The average Bonchev–Trinajstić information content (AvgIpc) is 2.96. The Kier molecular flexibility index (Phi) is 6.37. The van der Waals surface area contributed by atoms with Crippen molar-refractivity contribution in [3.8, 4) is 5.75 Å². The van der Waals surface area contributed by atoms with Crippen LogP contribution in [-0.4, -0.2) is 15.7 Å². The number of rotatable bonds is 6. The maximum Gasteiger partial charge on any atom is 0.203 e. The normalized spacial score (nSPS) is 10.6. The van der Waals surface area contributed by atoms with Crippen molar-refractivity contribution in [2.24, 2.45) is 0 Å². The van der Waals surface area contributed by atoms with E-state index in [9.17, 15) is 0 Å². The van der Waals surface area contributed by atoms with Gasteiger partial charge in [0.1, 0.15) is 12.4 Å². The van der Waals surface area contributed by atoms with Crippen molar-refractivity contribution in [3.05, 3.63) is 95.6 Å². The first-order valence-corrected chi connectivity index (χ1v) is 9.18. The van der Waals surface area contributed by atoms with Gasteiger partial charge in [0.05, 0.1) is 24.1 Å². The first-order chi connectivity index (χ1) is 13.2. The molecule has 4 rings (SSSR count). The molecule has 0 saturated heterocycles. The summed E-state index contributed by atoms with van der Waals surface area (Å²) in [7, 11) is 0. The van der Waals surface area contributed by atoms with Crippen molar-refractivity contribution < 1.29 is 4.74 Å². The molecule has 0 aliphatic heterocycles. The number of halogens is 1. The van der Waals surface area contributed by atoms with Crippen LogP contribution >= 0.6 is 17.0 Å². The lowest BCUT2D eigenvalue weighted by Crippen LogP contribution is -2.27. The molecule has 4 aromatic rings. The molecular weight excluding hydrogens is 414 g/mol. The van der Waals surface area contributed by atoms with Crippen LogP contribution in [0.5, 0.6) is 5.75 Å². The fourth-order valence-corrected chi connectivity index (χ4v) is 3.34. The second-order valence-corrected chi connectivity index (χ2v) is 6.70. The third-order valence-corrected chi connectivity index (χ3v) is 4.76. The molecular formula is C23H24BrN3O. The highest BCUT2D eigenvalue weighted by molar-refractivity contribution is 8.93. The number of ether oxygens (including phenoxy) is 1. The third kappa shape index (κ3) is 4.20. The van der Waals surface area contributed by atoms with Gasteiger partial charge in [-0.15, -0.1) is 17.0 Å². The summed E-state index contributed by atoms with van der Waals surface area (Å²) in [5.74, 6) is 0.862. The van der Waals surface area contributed by atoms with E-state index in [1.807, 2.05) is 59.2 Å². The minimum atomic E-state index is 0. The summed E-state index contributed by atoms with van der Waals surface area (Å²) in [6, 6.07) is 26.5. The van der Waals surface area contributed by atoms with Crippen LogP contribution in [-0.2, 0) is 13.1 Å². The van der Waals surface area contributed by atoms with E-state index in [4.69, 9.17) is 10.1 Å². The topological polar surface area (TPSA) is 42.9 Å². The predicted octanol–water partition coefficient (Wildman–Crippen LogP) is 4.94. The van der Waals surface area contributed by atoms with E-state index in [1.165, 1.54) is 11.1 Å². The Morgan fingerprint density at radius 2 is 1.39 bits per heavy atom. The van der Waals surface area contributed by atoms with Crippen molar-refractivity contribution in [2.75, 3.05) is 6.61 Å². The monoisotopic (exact) mass is 437 g/mol. The van der Waals surface area contributed by atoms with Gasteiger partial charge in [-0.05, 0) is 36.8 Å². The summed E-state index contributed by atoms with van der Waals surface area (Å²) < 4.78 is 9.96. The van der Waals surface area contributed by atoms with Gasteiger partial charge < -0.3 is 13.9 Å². The summed E-state index contributed by atoms with van der Waals surface area (Å²) in [6.07, 6.45) is 0. The lowest BCUT2D eigenvalue weighted by molar-refractivity contribution is 0.296. The van der Waals surface area contributed by atoms with Crippen molar-refractivity contribution >= 4 is 28.0 Å². The minimum absolute atomic E-state index is 0. The Morgan fingerprint density at radius 3 is 2.07 bits per heavy atom. The number of hydrogen-bond acceptors (Lipinski definition) is 2. The van der Waals surface area contributed by atoms with E-state index in [2.05, 4.69) is 35.8 Å². The van der Waals surface area contributed by atoms with E-state index in [-0.39, 0.29) is 17.0 Å². The number of hydrogen-bond donors (Lipinski definition) is 1. The molecule has 0 radical (unpaired) electrons. The Morgan fingerprint density at radius 1 is 0.786 bits per heavy atom. The largest absolute Gasteiger partial charge is 0.492 e. The summed E-state index contributed by atoms with van der Waals surface area (Å²) in [4.78, 5) is 0. The van der Waals surface area contributed by atoms with Gasteiger partial charge in [-0.1, -0.05) is 60.2 Å². The van der Waals surface area contributed by atoms with E-state index < -0.39 is 0 Å². The highest BCUT2D eigenvalue weighted by atomic mass is 79.9. The Bertz CT molecular complexity index is 1100. The quantitative estimate of drug-likeness (QED) is 0.456. The molecule has 0 unspecified atom stereocenters. The van der Waals surface area contributed by atoms with Crippen LogP contribution in [0.4, 0.5) is 0 Å². The molecule has 0 atom stereocenters. The van der Waals surface area contributed by atoms with Gasteiger partial charge in [0.15, 0.2) is 0 Å². The smallest absolute Gasteiger partial charge is 0.203 e. The zero-order valence-electron chi connectivity index (χ0n) is 15.8. The molecule has 4 nitrogen and oxygen atoms in total. The molecule has 1 heterocycles. The average molecular weight is 438 g/mol. The van der Waals surface area contributed by atoms with Crippen LogP contribution in [0.25, 0.3) is 11.0 Å². The van der Waals surface area contributed by atoms with E-state index in [1.54, 1.807) is 0 Å². The Balaban J connectivity index is 0.00000225. The second-order valence-electron chi connectivity index (χ2n) is 6.70. The standard InChI is InChI=1S/C23H23N3O.BrH/c1-18-11-13-20(14-12-18)27-16-15-25-21-9-5-6-10-22(21)26(23(25)24)17-19-7-3-2-4-8-19;/h2-14,24H,15-17H2,1H3;1H. The lowest BCUT2D eigenvalue weighted by Gasteiger charge is -2.08. The molecule has 1 N–H and O–H groups in total. The first kappa shape index (κ1) is 20.0. The molecule has 1 aromatic heterocycles. The number of aryl methyl sites for hydroxylation is 1. The zero-order chi connectivity index (χ0) is 18.6. The predicted molar refractivity (Wildman–Crippen MR) is 118 cm³/mol. The summed E-state index contributed by atoms with van der Waals surface area (Å²) in [5, 5.41) is 8.71. The maximum absolute atomic E-state index is 8.71. The minimum Gasteiger partial charge on any atom is -0.492 e. The molecule has 0 saturated carbocycles. The zero-order valence-corrected chi connectivity index (χ0v) is 17.6. The number of nitrogens with one attached hydrogen (secondary N) is 1. The van der Waals surface area contributed by atoms with E-state index in [0.717, 1.165) is 16.8 Å². The molecule has 3 aromatic carbocycles. The first-order valence-electron chi connectivity index (χ1n) is 9.18. The lowest BCUT2D eigenvalue weighted by atomic mass is 10.2. The maximum atomic E-state index is 8.71. The fourth-order valence-electron chi connectivity index (χ4n) is 3.34. The number of benzene rings is 3. The second kappa shape index (κ2) is 8.93. The number of para-hydroxylation sites is 2. The number of nitrogens with zero attached hydrogens (tertiary/aromatic N) is 2. The Labute approximate surface area is 175 Å². The van der Waals surface area contributed by atoms with Crippen molar-refractivity contribution in [1.82, 2.24) is 9.13 Å². The molecule has 0 spiro atoms. The van der Waals surface area contributed by atoms with Crippen LogP contribution in [0.15, 0.2) is 78.9 Å². The highest BCUT2D eigenvalue weighted by Gasteiger charge is 2.11. The van der Waals surface area contributed by atoms with Crippen molar-refractivity contribution in [2.45, 2.75) is 20.0 Å². The molecule has 28 heavy (non-hydrogen) atoms. The van der Waals surface area contributed by atoms with Gasteiger partial charge in [0, 0.05) is 0 Å². The number of aromatic nitrogens is 2. The van der Waals surface area contributed by atoms with Crippen LogP contribution in [0.2, 0.25) is 0 Å². The van der Waals surface area contributed by atoms with Crippen molar-refractivity contribution in [1.29, 1.82) is 5.41 Å². The van der Waals surface area contributed by atoms with Crippen LogP contribution < -0.4 is 10.4 Å². The van der Waals surface area contributed by atoms with Crippen LogP contribution in [0.3, 0.4) is 0 Å². The number of imidazole rings is 1. The van der Waals surface area contributed by atoms with E-state index >= 15 is 0 Å². The van der Waals surface area contributed by atoms with E-state index in [0.29, 0.717) is 25.3 Å². The molecule has 5 heteroatoms. The molecule has 0 fully saturated rings. The molecule has 0 bridgehead atoms. The van der Waals surface area contributed by atoms with Gasteiger partial charge in [-0.25, -0.2) is 0 Å². The molecule has 0 aliphatic rings. The van der Waals surface area contributed by atoms with Crippen LogP contribution in [0.1, 0.15) is 11.1 Å². The third-order valence-electron chi connectivity index (χ3n) is 4.76. The fraction of sp³-hybridized carbons (Fsp3) is 0.174. The molecule has 144 valence electrons. The molecule has 0 aliphatic carbocycles. The summed E-state index contributed by atoms with van der Waals surface area (Å²) in [5.41, 5.74) is 5.03. The molecule has 0 amide bonds. The van der Waals surface area contributed by atoms with Crippen LogP contribution in [0, 0.1) is 12.3 Å². The van der Waals surface area contributed by atoms with Gasteiger partial charge in [0.25, 0.3) is 0 Å². The van der Waals surface area contributed by atoms with Crippen molar-refractivity contribution in [3.63, 3.8) is 0 Å². The summed E-state index contributed by atoms with van der Waals surface area (Å²) in [6.45, 7) is 3.91. The van der Waals surface area contributed by atoms with Gasteiger partial charge in [-0.3, -0.25) is 5.41 Å². The van der Waals surface area contributed by atoms with Gasteiger partial charge >= 0.3 is 0 Å². The number of fused-ring (bicyclic) bond motifs is 1.